The van der Waals surface area contributed by atoms with Gasteiger partial charge in [0.15, 0.2) is 11.5 Å². The van der Waals surface area contributed by atoms with Crippen LogP contribution in [0.2, 0.25) is 0 Å². The van der Waals surface area contributed by atoms with E-state index >= 15 is 0 Å². The highest BCUT2D eigenvalue weighted by molar-refractivity contribution is 5.45. The Morgan fingerprint density at radius 3 is 2.94 bits per heavy atom. The molecule has 1 fully saturated rings. The van der Waals surface area contributed by atoms with Crippen LogP contribution in [0.15, 0.2) is 18.2 Å². The highest BCUT2D eigenvalue weighted by Crippen LogP contribution is 2.35. The molecule has 2 atom stereocenters. The zero-order chi connectivity index (χ0) is 11.0. The molecule has 5 nitrogen and oxygen atoms in total. The Balaban J connectivity index is 1.80. The predicted octanol–water partition coefficient (Wildman–Crippen LogP) is 0.282. The fourth-order valence-corrected chi connectivity index (χ4v) is 2.13. The summed E-state index contributed by atoms with van der Waals surface area (Å²) >= 11 is 0. The number of rotatable bonds is 2. The molecule has 0 bridgehead atoms. The molecule has 0 aromatic heterocycles. The highest BCUT2D eigenvalue weighted by atomic mass is 16.7. The first kappa shape index (κ1) is 9.89. The van der Waals surface area contributed by atoms with Crippen LogP contribution < -0.4 is 26.1 Å². The second-order valence-corrected chi connectivity index (χ2v) is 4.12. The van der Waals surface area contributed by atoms with Crippen LogP contribution in [0.1, 0.15) is 18.0 Å². The van der Waals surface area contributed by atoms with Crippen molar-refractivity contribution in [3.63, 3.8) is 0 Å². The summed E-state index contributed by atoms with van der Waals surface area (Å²) in [6, 6.07) is 6.68. The van der Waals surface area contributed by atoms with Crippen molar-refractivity contribution in [3.8, 4) is 11.5 Å². The lowest BCUT2D eigenvalue weighted by Crippen LogP contribution is -2.35. The number of benzene rings is 1. The van der Waals surface area contributed by atoms with Crippen molar-refractivity contribution in [3.05, 3.63) is 23.8 Å². The molecule has 2 aliphatic rings. The van der Waals surface area contributed by atoms with Gasteiger partial charge in [0.05, 0.1) is 0 Å². The Morgan fingerprint density at radius 1 is 1.25 bits per heavy atom. The van der Waals surface area contributed by atoms with Gasteiger partial charge in [0.2, 0.25) is 6.79 Å². The summed E-state index contributed by atoms with van der Waals surface area (Å²) in [4.78, 5) is 0. The summed E-state index contributed by atoms with van der Waals surface area (Å²) in [7, 11) is 0. The van der Waals surface area contributed by atoms with Gasteiger partial charge >= 0.3 is 0 Å². The smallest absolute Gasteiger partial charge is 0.231 e. The van der Waals surface area contributed by atoms with E-state index in [-0.39, 0.29) is 0 Å². The van der Waals surface area contributed by atoms with E-state index in [1.165, 1.54) is 5.56 Å². The van der Waals surface area contributed by atoms with Gasteiger partial charge < -0.3 is 15.2 Å². The zero-order valence-electron chi connectivity index (χ0n) is 8.90. The van der Waals surface area contributed by atoms with Crippen molar-refractivity contribution in [1.82, 2.24) is 10.9 Å². The van der Waals surface area contributed by atoms with Crippen LogP contribution in [-0.4, -0.2) is 19.4 Å². The molecule has 0 radical (unpaired) electrons. The molecular formula is C11H15N3O2. The number of nitrogens with one attached hydrogen (secondary N) is 2. The maximum atomic E-state index is 5.62. The molecule has 4 N–H and O–H groups in total. The predicted molar refractivity (Wildman–Crippen MR) is 59.0 cm³/mol. The van der Waals surface area contributed by atoms with Crippen LogP contribution in [0, 0.1) is 0 Å². The van der Waals surface area contributed by atoms with E-state index in [1.54, 1.807) is 0 Å². The number of hydrogen-bond acceptors (Lipinski definition) is 5. The fraction of sp³-hybridized carbons (Fsp3) is 0.455. The number of hydrogen-bond donors (Lipinski definition) is 3. The number of ether oxygens (including phenoxy) is 2. The van der Waals surface area contributed by atoms with E-state index in [1.807, 2.05) is 12.1 Å². The first-order chi connectivity index (χ1) is 7.86. The molecule has 1 aromatic rings. The lowest BCUT2D eigenvalue weighted by atomic mass is 10.0. The van der Waals surface area contributed by atoms with E-state index in [0.29, 0.717) is 25.4 Å². The van der Waals surface area contributed by atoms with E-state index < -0.39 is 0 Å². The molecule has 16 heavy (non-hydrogen) atoms. The Morgan fingerprint density at radius 2 is 2.12 bits per heavy atom. The molecule has 3 rings (SSSR count). The molecule has 1 saturated heterocycles. The lowest BCUT2D eigenvalue weighted by molar-refractivity contribution is 0.174. The summed E-state index contributed by atoms with van der Waals surface area (Å²) < 4.78 is 10.6. The third-order valence-electron chi connectivity index (χ3n) is 3.07. The van der Waals surface area contributed by atoms with Gasteiger partial charge in [-0.3, -0.25) is 5.43 Å². The quantitative estimate of drug-likeness (QED) is 0.669. The third kappa shape index (κ3) is 1.63. The van der Waals surface area contributed by atoms with Crippen LogP contribution >= 0.6 is 0 Å². The van der Waals surface area contributed by atoms with Crippen LogP contribution in [-0.2, 0) is 0 Å². The lowest BCUT2D eigenvalue weighted by Gasteiger charge is -2.10. The van der Waals surface area contributed by atoms with Crippen molar-refractivity contribution in [2.24, 2.45) is 5.73 Å². The summed E-state index contributed by atoms with van der Waals surface area (Å²) in [6.45, 7) is 0.967. The second kappa shape index (κ2) is 3.93. The summed E-state index contributed by atoms with van der Waals surface area (Å²) in [5, 5.41) is 0. The van der Waals surface area contributed by atoms with Crippen molar-refractivity contribution >= 4 is 0 Å². The van der Waals surface area contributed by atoms with Gasteiger partial charge in [-0.1, -0.05) is 6.07 Å². The van der Waals surface area contributed by atoms with E-state index in [9.17, 15) is 0 Å². The van der Waals surface area contributed by atoms with Crippen LogP contribution in [0.3, 0.4) is 0 Å². The largest absolute Gasteiger partial charge is 0.454 e. The molecule has 86 valence electrons. The zero-order valence-corrected chi connectivity index (χ0v) is 8.90. The molecule has 2 aliphatic heterocycles. The van der Waals surface area contributed by atoms with Gasteiger partial charge in [-0.05, 0) is 24.1 Å². The van der Waals surface area contributed by atoms with Gasteiger partial charge in [0.25, 0.3) is 0 Å². The minimum absolute atomic E-state index is 0.294. The first-order valence-electron chi connectivity index (χ1n) is 5.47. The average Bonchev–Trinajstić information content (AvgIpc) is 2.96. The Labute approximate surface area is 93.9 Å². The van der Waals surface area contributed by atoms with Gasteiger partial charge in [-0.2, -0.15) is 0 Å². The molecular weight excluding hydrogens is 206 g/mol. The molecule has 0 amide bonds. The van der Waals surface area contributed by atoms with Crippen molar-refractivity contribution in [1.29, 1.82) is 0 Å². The number of fused-ring (bicyclic) bond motifs is 1. The fourth-order valence-electron chi connectivity index (χ4n) is 2.13. The van der Waals surface area contributed by atoms with Gasteiger partial charge in [0.1, 0.15) is 0 Å². The number of nitrogens with two attached hydrogens (primary N) is 1. The average molecular weight is 221 g/mol. The third-order valence-corrected chi connectivity index (χ3v) is 3.07. The van der Waals surface area contributed by atoms with Crippen LogP contribution in [0.25, 0.3) is 0 Å². The molecule has 0 saturated carbocycles. The second-order valence-electron chi connectivity index (χ2n) is 4.12. The van der Waals surface area contributed by atoms with Crippen LogP contribution in [0.5, 0.6) is 11.5 Å². The van der Waals surface area contributed by atoms with E-state index in [4.69, 9.17) is 15.2 Å². The normalized spacial score (nSPS) is 27.3. The van der Waals surface area contributed by atoms with Crippen molar-refractivity contribution in [2.75, 3.05) is 13.3 Å². The molecule has 0 aliphatic carbocycles. The highest BCUT2D eigenvalue weighted by Gasteiger charge is 2.25. The summed E-state index contributed by atoms with van der Waals surface area (Å²) in [5.74, 6) is 1.65. The van der Waals surface area contributed by atoms with Crippen molar-refractivity contribution in [2.45, 2.75) is 18.5 Å². The van der Waals surface area contributed by atoms with E-state index in [2.05, 4.69) is 16.9 Å². The summed E-state index contributed by atoms with van der Waals surface area (Å²) in [6.07, 6.45) is 0.996. The molecule has 2 unspecified atom stereocenters. The Hall–Kier alpha value is -1.30. The molecule has 0 spiro atoms. The SMILES string of the molecule is NCC1CC(c2ccc3c(c2)OCO3)NN1. The molecule has 2 heterocycles. The monoisotopic (exact) mass is 221 g/mol. The first-order valence-corrected chi connectivity index (χ1v) is 5.47. The minimum Gasteiger partial charge on any atom is -0.454 e. The molecule has 5 heteroatoms. The van der Waals surface area contributed by atoms with Gasteiger partial charge in [0, 0.05) is 18.6 Å². The minimum atomic E-state index is 0.294. The molecule has 1 aromatic carbocycles. The Bertz CT molecular complexity index is 397. The van der Waals surface area contributed by atoms with Gasteiger partial charge in [-0.25, -0.2) is 5.43 Å². The van der Waals surface area contributed by atoms with Crippen LogP contribution in [0.4, 0.5) is 0 Å². The Kier molecular flexibility index (Phi) is 2.43. The van der Waals surface area contributed by atoms with Gasteiger partial charge in [-0.15, -0.1) is 0 Å². The van der Waals surface area contributed by atoms with Crippen molar-refractivity contribution < 1.29 is 9.47 Å². The maximum absolute atomic E-state index is 5.62. The standard InChI is InChI=1S/C11H15N3O2/c12-5-8-4-9(14-13-8)7-1-2-10-11(3-7)16-6-15-10/h1-3,8-9,13-14H,4-6,12H2. The topological polar surface area (TPSA) is 68.5 Å². The maximum Gasteiger partial charge on any atom is 0.231 e. The number of hydrazine groups is 1. The summed E-state index contributed by atoms with van der Waals surface area (Å²) in [5.41, 5.74) is 13.2. The van der Waals surface area contributed by atoms with E-state index in [0.717, 1.165) is 17.9 Å².